The van der Waals surface area contributed by atoms with Crippen molar-refractivity contribution in [2.45, 2.75) is 12.5 Å². The SMILES string of the molecule is COC(=O)c1cccc(NC(=O)N2CCc3[nH]cnc3C2c2ccc(OC)c(OC)c2)c1. The summed E-state index contributed by atoms with van der Waals surface area (Å²) in [6, 6.07) is 11.5. The van der Waals surface area contributed by atoms with Crippen LogP contribution in [0, 0.1) is 0 Å². The molecule has 1 aromatic heterocycles. The number of aromatic amines is 1. The molecular weight excluding hydrogens is 412 g/mol. The number of anilines is 1. The summed E-state index contributed by atoms with van der Waals surface area (Å²) in [5, 5.41) is 2.89. The quantitative estimate of drug-likeness (QED) is 0.594. The van der Waals surface area contributed by atoms with Crippen LogP contribution in [0.25, 0.3) is 0 Å². The Morgan fingerprint density at radius 1 is 1.09 bits per heavy atom. The number of fused-ring (bicyclic) bond motifs is 1. The van der Waals surface area contributed by atoms with Gasteiger partial charge in [-0.3, -0.25) is 0 Å². The highest BCUT2D eigenvalue weighted by Gasteiger charge is 2.34. The molecule has 4 rings (SSSR count). The molecule has 0 saturated heterocycles. The molecular formula is C23H24N4O5. The number of carbonyl (C=O) groups excluding carboxylic acids is 2. The van der Waals surface area contributed by atoms with Crippen LogP contribution in [0.2, 0.25) is 0 Å². The third kappa shape index (κ3) is 3.96. The molecule has 0 fully saturated rings. The summed E-state index contributed by atoms with van der Waals surface area (Å²) in [7, 11) is 4.46. The second-order valence-corrected chi connectivity index (χ2v) is 7.23. The molecule has 1 atom stereocenters. The molecule has 0 radical (unpaired) electrons. The first kappa shape index (κ1) is 21.2. The van der Waals surface area contributed by atoms with Crippen molar-refractivity contribution in [3.05, 3.63) is 71.3 Å². The lowest BCUT2D eigenvalue weighted by Crippen LogP contribution is -2.43. The molecule has 1 aliphatic heterocycles. The van der Waals surface area contributed by atoms with E-state index in [0.717, 1.165) is 17.0 Å². The summed E-state index contributed by atoms with van der Waals surface area (Å²) in [5.41, 5.74) is 3.46. The molecule has 2 aromatic carbocycles. The summed E-state index contributed by atoms with van der Waals surface area (Å²) in [6.45, 7) is 0.483. The highest BCUT2D eigenvalue weighted by molar-refractivity contribution is 5.94. The molecule has 166 valence electrons. The average Bonchev–Trinajstić information content (AvgIpc) is 3.31. The summed E-state index contributed by atoms with van der Waals surface area (Å²) >= 11 is 0. The van der Waals surface area contributed by atoms with E-state index in [-0.39, 0.29) is 6.03 Å². The number of esters is 1. The van der Waals surface area contributed by atoms with E-state index in [9.17, 15) is 9.59 Å². The van der Waals surface area contributed by atoms with Crippen molar-refractivity contribution < 1.29 is 23.8 Å². The number of ether oxygens (including phenoxy) is 3. The van der Waals surface area contributed by atoms with Crippen LogP contribution in [0.15, 0.2) is 48.8 Å². The predicted octanol–water partition coefficient (Wildman–Crippen LogP) is 3.39. The summed E-state index contributed by atoms with van der Waals surface area (Å²) in [6.07, 6.45) is 2.29. The van der Waals surface area contributed by atoms with Crippen LogP contribution in [0.4, 0.5) is 10.5 Å². The van der Waals surface area contributed by atoms with Gasteiger partial charge in [-0.1, -0.05) is 12.1 Å². The Labute approximate surface area is 185 Å². The molecule has 0 spiro atoms. The zero-order valence-electron chi connectivity index (χ0n) is 18.0. The van der Waals surface area contributed by atoms with Crippen molar-refractivity contribution in [2.24, 2.45) is 0 Å². The number of amides is 2. The Kier molecular flexibility index (Phi) is 5.98. The van der Waals surface area contributed by atoms with Gasteiger partial charge in [-0.05, 0) is 35.9 Å². The Hall–Kier alpha value is -4.01. The zero-order chi connectivity index (χ0) is 22.7. The lowest BCUT2D eigenvalue weighted by atomic mass is 9.95. The van der Waals surface area contributed by atoms with Crippen LogP contribution in [-0.4, -0.2) is 54.7 Å². The maximum Gasteiger partial charge on any atom is 0.337 e. The third-order valence-corrected chi connectivity index (χ3v) is 5.44. The van der Waals surface area contributed by atoms with Crippen LogP contribution < -0.4 is 14.8 Å². The summed E-state index contributed by atoms with van der Waals surface area (Å²) < 4.78 is 15.6. The summed E-state index contributed by atoms with van der Waals surface area (Å²) in [4.78, 5) is 34.5. The van der Waals surface area contributed by atoms with Crippen molar-refractivity contribution in [1.82, 2.24) is 14.9 Å². The highest BCUT2D eigenvalue weighted by Crippen LogP contribution is 2.38. The van der Waals surface area contributed by atoms with Gasteiger partial charge < -0.3 is 29.4 Å². The Morgan fingerprint density at radius 3 is 2.66 bits per heavy atom. The van der Waals surface area contributed by atoms with Gasteiger partial charge in [0.2, 0.25) is 0 Å². The van der Waals surface area contributed by atoms with Crippen molar-refractivity contribution >= 4 is 17.7 Å². The first-order valence-electron chi connectivity index (χ1n) is 10.1. The first-order valence-corrected chi connectivity index (χ1v) is 10.1. The number of imidazole rings is 1. The second kappa shape index (κ2) is 9.01. The lowest BCUT2D eigenvalue weighted by Gasteiger charge is -2.35. The number of nitrogens with one attached hydrogen (secondary N) is 2. The Bertz CT molecular complexity index is 1140. The molecule has 9 heteroatoms. The monoisotopic (exact) mass is 436 g/mol. The van der Waals surface area contributed by atoms with Crippen LogP contribution in [0.1, 0.15) is 33.4 Å². The predicted molar refractivity (Wildman–Crippen MR) is 117 cm³/mol. The van der Waals surface area contributed by atoms with Crippen molar-refractivity contribution in [3.8, 4) is 11.5 Å². The van der Waals surface area contributed by atoms with Gasteiger partial charge >= 0.3 is 12.0 Å². The van der Waals surface area contributed by atoms with E-state index in [2.05, 4.69) is 15.3 Å². The van der Waals surface area contributed by atoms with E-state index in [1.807, 2.05) is 18.2 Å². The minimum atomic E-state index is -0.469. The van der Waals surface area contributed by atoms with Crippen LogP contribution in [0.5, 0.6) is 11.5 Å². The lowest BCUT2D eigenvalue weighted by molar-refractivity contribution is 0.0600. The maximum absolute atomic E-state index is 13.3. The van der Waals surface area contributed by atoms with E-state index < -0.39 is 12.0 Å². The average molecular weight is 436 g/mol. The molecule has 9 nitrogen and oxygen atoms in total. The van der Waals surface area contributed by atoms with Crippen molar-refractivity contribution in [2.75, 3.05) is 33.2 Å². The third-order valence-electron chi connectivity index (χ3n) is 5.44. The van der Waals surface area contributed by atoms with Crippen molar-refractivity contribution in [3.63, 3.8) is 0 Å². The number of aromatic nitrogens is 2. The zero-order valence-corrected chi connectivity index (χ0v) is 18.0. The fourth-order valence-electron chi connectivity index (χ4n) is 3.89. The Balaban J connectivity index is 1.67. The van der Waals surface area contributed by atoms with E-state index in [4.69, 9.17) is 14.2 Å². The number of benzene rings is 2. The van der Waals surface area contributed by atoms with Gasteiger partial charge in [0, 0.05) is 24.3 Å². The van der Waals surface area contributed by atoms with E-state index in [1.54, 1.807) is 49.7 Å². The van der Waals surface area contributed by atoms with Crippen LogP contribution in [0.3, 0.4) is 0 Å². The number of methoxy groups -OCH3 is 3. The van der Waals surface area contributed by atoms with E-state index >= 15 is 0 Å². The molecule has 32 heavy (non-hydrogen) atoms. The minimum Gasteiger partial charge on any atom is -0.493 e. The summed E-state index contributed by atoms with van der Waals surface area (Å²) in [5.74, 6) is 0.701. The van der Waals surface area contributed by atoms with Crippen molar-refractivity contribution in [1.29, 1.82) is 0 Å². The number of nitrogens with zero attached hydrogens (tertiary/aromatic N) is 2. The molecule has 2 N–H and O–H groups in total. The smallest absolute Gasteiger partial charge is 0.337 e. The molecule has 2 heterocycles. The number of rotatable bonds is 5. The minimum absolute atomic E-state index is 0.305. The number of hydrogen-bond donors (Lipinski definition) is 2. The van der Waals surface area contributed by atoms with Gasteiger partial charge in [0.1, 0.15) is 6.04 Å². The van der Waals surface area contributed by atoms with Gasteiger partial charge in [-0.25, -0.2) is 14.6 Å². The maximum atomic E-state index is 13.3. The Morgan fingerprint density at radius 2 is 1.91 bits per heavy atom. The van der Waals surface area contributed by atoms with Gasteiger partial charge in [0.05, 0.1) is 38.9 Å². The topological polar surface area (TPSA) is 106 Å². The number of hydrogen-bond acceptors (Lipinski definition) is 6. The normalized spacial score (nSPS) is 15.0. The molecule has 0 aliphatic carbocycles. The molecule has 3 aromatic rings. The highest BCUT2D eigenvalue weighted by atomic mass is 16.5. The molecule has 1 unspecified atom stereocenters. The van der Waals surface area contributed by atoms with Crippen LogP contribution in [-0.2, 0) is 11.2 Å². The first-order chi connectivity index (χ1) is 15.5. The largest absolute Gasteiger partial charge is 0.493 e. The fraction of sp³-hybridized carbons (Fsp3) is 0.261. The number of H-pyrrole nitrogens is 1. The van der Waals surface area contributed by atoms with Crippen LogP contribution >= 0.6 is 0 Å². The van der Waals surface area contributed by atoms with Gasteiger partial charge in [0.15, 0.2) is 11.5 Å². The molecule has 2 amide bonds. The van der Waals surface area contributed by atoms with E-state index in [0.29, 0.717) is 35.7 Å². The number of urea groups is 1. The number of carbonyl (C=O) groups is 2. The van der Waals surface area contributed by atoms with Gasteiger partial charge in [-0.15, -0.1) is 0 Å². The fourth-order valence-corrected chi connectivity index (χ4v) is 3.89. The molecule has 1 aliphatic rings. The second-order valence-electron chi connectivity index (χ2n) is 7.23. The van der Waals surface area contributed by atoms with Gasteiger partial charge in [0.25, 0.3) is 0 Å². The van der Waals surface area contributed by atoms with E-state index in [1.165, 1.54) is 7.11 Å². The standard InChI is InChI=1S/C23H24N4O5/c1-30-18-8-7-14(12-19(18)31-2)21-20-17(24-13-25-20)9-10-27(21)23(29)26-16-6-4-5-15(11-16)22(28)32-3/h4-8,11-13,21H,9-10H2,1-3H3,(H,24,25)(H,26,29). The molecule has 0 bridgehead atoms. The molecule has 0 saturated carbocycles. The van der Waals surface area contributed by atoms with Gasteiger partial charge in [-0.2, -0.15) is 0 Å².